The van der Waals surface area contributed by atoms with Gasteiger partial charge in [0.05, 0.1) is 0 Å². The van der Waals surface area contributed by atoms with Crippen LogP contribution < -0.4 is 9.05 Å². The van der Waals surface area contributed by atoms with E-state index >= 15 is 0 Å². The lowest BCUT2D eigenvalue weighted by Crippen LogP contribution is -2.21. The minimum absolute atomic E-state index is 0.198. The largest absolute Gasteiger partial charge is 0.426 e. The van der Waals surface area contributed by atoms with Crippen LogP contribution in [0.3, 0.4) is 0 Å². The van der Waals surface area contributed by atoms with Gasteiger partial charge in [-0.15, -0.1) is 0 Å². The van der Waals surface area contributed by atoms with E-state index in [4.69, 9.17) is 9.05 Å². The summed E-state index contributed by atoms with van der Waals surface area (Å²) in [5.74, 6) is 0.380. The summed E-state index contributed by atoms with van der Waals surface area (Å²) >= 11 is 0. The molecule has 8 heteroatoms. The molecule has 214 valence electrons. The first-order valence-corrected chi connectivity index (χ1v) is 15.7. The van der Waals surface area contributed by atoms with Crippen LogP contribution >= 0.6 is 16.5 Å². The first-order chi connectivity index (χ1) is 16.9. The van der Waals surface area contributed by atoms with E-state index < -0.39 is 16.5 Å². The number of rotatable bonds is 6. The molecule has 6 nitrogen and oxygen atoms in total. The number of hydrogen-bond donors (Lipinski definition) is 2. The van der Waals surface area contributed by atoms with Crippen LogP contribution in [0.4, 0.5) is 0 Å². The van der Waals surface area contributed by atoms with Crippen LogP contribution in [-0.4, -0.2) is 9.79 Å². The van der Waals surface area contributed by atoms with Gasteiger partial charge in [0.1, 0.15) is 11.5 Å². The molecule has 0 radical (unpaired) electrons. The van der Waals surface area contributed by atoms with E-state index in [0.29, 0.717) is 11.5 Å². The van der Waals surface area contributed by atoms with Gasteiger partial charge in [-0.25, -0.2) is 9.13 Å². The molecule has 0 aliphatic rings. The quantitative estimate of drug-likeness (QED) is 0.340. The molecule has 0 aliphatic carbocycles. The Kier molecular flexibility index (Phi) is 9.55. The Morgan fingerprint density at radius 1 is 0.579 bits per heavy atom. The lowest BCUT2D eigenvalue weighted by atomic mass is 9.74. The second kappa shape index (κ2) is 11.1. The van der Waals surface area contributed by atoms with Crippen molar-refractivity contribution in [3.8, 4) is 11.5 Å². The van der Waals surface area contributed by atoms with E-state index in [2.05, 4.69) is 95.2 Å². The van der Waals surface area contributed by atoms with E-state index in [9.17, 15) is 18.9 Å². The maximum Gasteiger partial charge on any atom is 0.365 e. The highest BCUT2D eigenvalue weighted by Gasteiger charge is 2.33. The SMILES string of the molecule is CC(c1cc(C(C)(C)C)cc(C(C)(C)C)c1O[PH](=O)O)c1cc(C(C)(C)C)cc(C(C)(C)C)c1O[PH](=O)O. The van der Waals surface area contributed by atoms with Gasteiger partial charge in [0.2, 0.25) is 0 Å². The Morgan fingerprint density at radius 2 is 0.868 bits per heavy atom. The topological polar surface area (TPSA) is 93.1 Å². The summed E-state index contributed by atoms with van der Waals surface area (Å²) in [7, 11) is -6.62. The second-order valence-corrected chi connectivity index (χ2v) is 15.8. The molecular weight excluding hydrogens is 518 g/mol. The van der Waals surface area contributed by atoms with Crippen molar-refractivity contribution in [1.29, 1.82) is 0 Å². The van der Waals surface area contributed by atoms with Gasteiger partial charge >= 0.3 is 16.5 Å². The van der Waals surface area contributed by atoms with Gasteiger partial charge in [0.15, 0.2) is 0 Å². The molecule has 0 aliphatic heterocycles. The van der Waals surface area contributed by atoms with E-state index in [1.807, 2.05) is 19.1 Å². The molecule has 0 aromatic heterocycles. The van der Waals surface area contributed by atoms with Crippen molar-refractivity contribution in [1.82, 2.24) is 0 Å². The maximum absolute atomic E-state index is 12.1. The normalized spacial score (nSPS) is 15.7. The standard InChI is InChI=1S/C30H48O6P2/c1-18(21-14-19(27(2,3)4)16-23(29(8,9)10)25(21)35-37(31)32)22-15-20(28(5,6)7)17-24(30(11,12)13)26(22)36-38(33)34/h14-18,37-38H,1-13H3,(H,31,32)(H,33,34). The first kappa shape index (κ1) is 32.6. The van der Waals surface area contributed by atoms with Gasteiger partial charge in [-0.2, -0.15) is 0 Å². The Bertz CT molecular complexity index is 1130. The molecule has 0 spiro atoms. The highest BCUT2D eigenvalue weighted by Crippen LogP contribution is 2.49. The summed E-state index contributed by atoms with van der Waals surface area (Å²) in [5, 5.41) is 0. The molecule has 2 rings (SSSR count). The predicted octanol–water partition coefficient (Wildman–Crippen LogP) is 8.55. The molecule has 2 N–H and O–H groups in total. The van der Waals surface area contributed by atoms with Crippen LogP contribution in [0.5, 0.6) is 11.5 Å². The van der Waals surface area contributed by atoms with Crippen LogP contribution in [-0.2, 0) is 30.8 Å². The van der Waals surface area contributed by atoms with Crippen LogP contribution in [0.15, 0.2) is 24.3 Å². The zero-order valence-corrected chi connectivity index (χ0v) is 27.4. The summed E-state index contributed by atoms with van der Waals surface area (Å²) < 4.78 is 35.6. The summed E-state index contributed by atoms with van der Waals surface area (Å²) in [4.78, 5) is 19.8. The third kappa shape index (κ3) is 7.75. The molecule has 2 unspecified atom stereocenters. The molecule has 2 aromatic carbocycles. The van der Waals surface area contributed by atoms with Crippen molar-refractivity contribution in [2.24, 2.45) is 0 Å². The molecule has 2 aromatic rings. The molecule has 0 saturated heterocycles. The molecule has 0 saturated carbocycles. The van der Waals surface area contributed by atoms with Crippen molar-refractivity contribution in [2.45, 2.75) is 118 Å². The highest BCUT2D eigenvalue weighted by atomic mass is 31.1. The van der Waals surface area contributed by atoms with Crippen molar-refractivity contribution < 1.29 is 28.0 Å². The molecule has 0 bridgehead atoms. The summed E-state index contributed by atoms with van der Waals surface area (Å²) in [5.41, 5.74) is 4.13. The van der Waals surface area contributed by atoms with Crippen LogP contribution in [0.1, 0.15) is 129 Å². The fourth-order valence-corrected chi connectivity index (χ4v) is 5.30. The minimum atomic E-state index is -3.31. The van der Waals surface area contributed by atoms with E-state index in [-0.39, 0.29) is 27.6 Å². The molecule has 0 heterocycles. The number of hydrogen-bond acceptors (Lipinski definition) is 4. The molecular formula is C30H48O6P2. The lowest BCUT2D eigenvalue weighted by molar-refractivity contribution is 0.399. The monoisotopic (exact) mass is 566 g/mol. The van der Waals surface area contributed by atoms with Crippen molar-refractivity contribution in [2.75, 3.05) is 0 Å². The third-order valence-corrected chi connectivity index (χ3v) is 7.65. The third-order valence-electron chi connectivity index (χ3n) is 6.90. The Hall–Kier alpha value is -1.58. The summed E-state index contributed by atoms with van der Waals surface area (Å²) in [6, 6.07) is 8.19. The van der Waals surface area contributed by atoms with Crippen LogP contribution in [0.25, 0.3) is 0 Å². The zero-order valence-electron chi connectivity index (χ0n) is 25.4. The van der Waals surface area contributed by atoms with Crippen LogP contribution in [0.2, 0.25) is 0 Å². The average Bonchev–Trinajstić information content (AvgIpc) is 2.69. The van der Waals surface area contributed by atoms with Crippen LogP contribution in [0, 0.1) is 0 Å². The van der Waals surface area contributed by atoms with E-state index in [1.54, 1.807) is 0 Å². The van der Waals surface area contributed by atoms with Gasteiger partial charge in [-0.05, 0) is 32.8 Å². The Balaban J connectivity index is 3.12. The Labute approximate surface area is 231 Å². The van der Waals surface area contributed by atoms with Gasteiger partial charge in [0, 0.05) is 28.2 Å². The second-order valence-electron chi connectivity index (χ2n) is 14.3. The first-order valence-electron chi connectivity index (χ1n) is 13.1. The molecule has 2 atom stereocenters. The maximum atomic E-state index is 12.1. The van der Waals surface area contributed by atoms with Gasteiger partial charge in [0.25, 0.3) is 0 Å². The summed E-state index contributed by atoms with van der Waals surface area (Å²) in [6.07, 6.45) is 0. The van der Waals surface area contributed by atoms with Gasteiger partial charge in [-0.3, -0.25) is 0 Å². The Morgan fingerprint density at radius 3 is 1.08 bits per heavy atom. The molecule has 0 amide bonds. The fourth-order valence-electron chi connectivity index (χ4n) is 4.50. The zero-order chi connectivity index (χ0) is 29.6. The van der Waals surface area contributed by atoms with Crippen molar-refractivity contribution in [3.63, 3.8) is 0 Å². The fraction of sp³-hybridized carbons (Fsp3) is 0.600. The lowest BCUT2D eigenvalue weighted by Gasteiger charge is -2.33. The predicted molar refractivity (Wildman–Crippen MR) is 159 cm³/mol. The van der Waals surface area contributed by atoms with Crippen molar-refractivity contribution in [3.05, 3.63) is 57.6 Å². The highest BCUT2D eigenvalue weighted by molar-refractivity contribution is 7.32. The van der Waals surface area contributed by atoms with Gasteiger partial charge < -0.3 is 18.8 Å². The van der Waals surface area contributed by atoms with E-state index in [0.717, 1.165) is 33.4 Å². The average molecular weight is 567 g/mol. The smallest absolute Gasteiger partial charge is 0.365 e. The molecule has 38 heavy (non-hydrogen) atoms. The minimum Gasteiger partial charge on any atom is -0.426 e. The number of benzene rings is 2. The van der Waals surface area contributed by atoms with E-state index in [1.165, 1.54) is 0 Å². The molecule has 0 fully saturated rings. The van der Waals surface area contributed by atoms with Crippen molar-refractivity contribution >= 4 is 16.5 Å². The summed E-state index contributed by atoms with van der Waals surface area (Å²) in [6.45, 7) is 27.1. The van der Waals surface area contributed by atoms with Gasteiger partial charge in [-0.1, -0.05) is 114 Å².